The maximum Gasteiger partial charge on any atom is 0.0135 e. The molecule has 2 heteroatoms. The fraction of sp³-hybridized carbons (Fsp3) is 1.00. The molecular formula is C15H30N2. The highest BCUT2D eigenvalue weighted by Gasteiger charge is 2.32. The maximum absolute atomic E-state index is 5.97. The molecule has 0 aromatic heterocycles. The van der Waals surface area contributed by atoms with Crippen LogP contribution < -0.4 is 5.73 Å². The summed E-state index contributed by atoms with van der Waals surface area (Å²) < 4.78 is 0. The van der Waals surface area contributed by atoms with E-state index in [0.29, 0.717) is 0 Å². The van der Waals surface area contributed by atoms with Crippen molar-refractivity contribution in [2.24, 2.45) is 23.5 Å². The average molecular weight is 238 g/mol. The van der Waals surface area contributed by atoms with Crippen LogP contribution in [0, 0.1) is 17.8 Å². The van der Waals surface area contributed by atoms with Gasteiger partial charge in [-0.25, -0.2) is 0 Å². The molecule has 2 nitrogen and oxygen atoms in total. The lowest BCUT2D eigenvalue weighted by Crippen LogP contribution is -2.47. The van der Waals surface area contributed by atoms with Gasteiger partial charge in [-0.3, -0.25) is 0 Å². The summed E-state index contributed by atoms with van der Waals surface area (Å²) in [6.07, 6.45) is 9.89. The number of nitrogens with two attached hydrogens (primary N) is 1. The second kappa shape index (κ2) is 6.19. The van der Waals surface area contributed by atoms with E-state index < -0.39 is 0 Å². The first kappa shape index (κ1) is 13.4. The third-order valence-electron chi connectivity index (χ3n) is 5.28. The van der Waals surface area contributed by atoms with Crippen LogP contribution in [0.4, 0.5) is 0 Å². The predicted molar refractivity (Wildman–Crippen MR) is 73.9 cm³/mol. The van der Waals surface area contributed by atoms with Crippen molar-refractivity contribution >= 4 is 0 Å². The smallest absolute Gasteiger partial charge is 0.0135 e. The van der Waals surface area contributed by atoms with Gasteiger partial charge in [-0.2, -0.15) is 0 Å². The monoisotopic (exact) mass is 238 g/mol. The standard InChI is InChI=1S/C15H30N2/c1-3-12-7-8-14(10-16)15(9-12)17(2)11-13-5-4-6-13/h12-15H,3-11,16H2,1-2H3. The third kappa shape index (κ3) is 3.23. The van der Waals surface area contributed by atoms with E-state index in [-0.39, 0.29) is 0 Å². The zero-order valence-corrected chi connectivity index (χ0v) is 11.7. The number of nitrogens with zero attached hydrogens (tertiary/aromatic N) is 1. The van der Waals surface area contributed by atoms with E-state index in [4.69, 9.17) is 5.73 Å². The summed E-state index contributed by atoms with van der Waals surface area (Å²) in [5.74, 6) is 2.69. The molecule has 0 aliphatic heterocycles. The molecule has 17 heavy (non-hydrogen) atoms. The van der Waals surface area contributed by atoms with Gasteiger partial charge in [-0.05, 0) is 57.0 Å². The molecular weight excluding hydrogens is 208 g/mol. The molecule has 2 aliphatic carbocycles. The molecule has 2 aliphatic rings. The van der Waals surface area contributed by atoms with E-state index in [1.54, 1.807) is 0 Å². The summed E-state index contributed by atoms with van der Waals surface area (Å²) in [5, 5.41) is 0. The Labute approximate surface area is 107 Å². The van der Waals surface area contributed by atoms with E-state index >= 15 is 0 Å². The molecule has 0 radical (unpaired) electrons. The van der Waals surface area contributed by atoms with Crippen molar-refractivity contribution in [3.05, 3.63) is 0 Å². The number of rotatable bonds is 5. The first-order valence-corrected chi connectivity index (χ1v) is 7.64. The number of hydrogen-bond acceptors (Lipinski definition) is 2. The van der Waals surface area contributed by atoms with Gasteiger partial charge in [0.2, 0.25) is 0 Å². The Morgan fingerprint density at radius 3 is 2.41 bits per heavy atom. The van der Waals surface area contributed by atoms with Gasteiger partial charge in [0.25, 0.3) is 0 Å². The van der Waals surface area contributed by atoms with Gasteiger partial charge in [0.15, 0.2) is 0 Å². The van der Waals surface area contributed by atoms with Crippen LogP contribution in [0.5, 0.6) is 0 Å². The lowest BCUT2D eigenvalue weighted by molar-refractivity contribution is 0.0752. The third-order valence-corrected chi connectivity index (χ3v) is 5.28. The van der Waals surface area contributed by atoms with Crippen molar-refractivity contribution in [1.82, 2.24) is 4.90 Å². The molecule has 2 rings (SSSR count). The van der Waals surface area contributed by atoms with Crippen LogP contribution in [-0.4, -0.2) is 31.1 Å². The highest BCUT2D eigenvalue weighted by molar-refractivity contribution is 4.87. The van der Waals surface area contributed by atoms with E-state index in [9.17, 15) is 0 Å². The largest absolute Gasteiger partial charge is 0.330 e. The van der Waals surface area contributed by atoms with Gasteiger partial charge in [-0.15, -0.1) is 0 Å². The van der Waals surface area contributed by atoms with Gasteiger partial charge < -0.3 is 10.6 Å². The first-order valence-electron chi connectivity index (χ1n) is 7.64. The van der Waals surface area contributed by atoms with Gasteiger partial charge >= 0.3 is 0 Å². The van der Waals surface area contributed by atoms with E-state index in [0.717, 1.165) is 30.3 Å². The van der Waals surface area contributed by atoms with Crippen LogP contribution in [-0.2, 0) is 0 Å². The molecule has 0 aromatic carbocycles. The Morgan fingerprint density at radius 2 is 1.88 bits per heavy atom. The molecule has 2 saturated carbocycles. The Balaban J connectivity index is 1.88. The van der Waals surface area contributed by atoms with Gasteiger partial charge in [0, 0.05) is 12.6 Å². The Hall–Kier alpha value is -0.0800. The van der Waals surface area contributed by atoms with Crippen molar-refractivity contribution < 1.29 is 0 Å². The van der Waals surface area contributed by atoms with Crippen LogP contribution >= 0.6 is 0 Å². The number of hydrogen-bond donors (Lipinski definition) is 1. The summed E-state index contributed by atoms with van der Waals surface area (Å²) in [7, 11) is 2.34. The van der Waals surface area contributed by atoms with Crippen LogP contribution in [0.1, 0.15) is 51.9 Å². The SMILES string of the molecule is CCC1CCC(CN)C(N(C)CC2CCC2)C1. The van der Waals surface area contributed by atoms with Crippen molar-refractivity contribution in [2.75, 3.05) is 20.1 Å². The van der Waals surface area contributed by atoms with Crippen LogP contribution in [0.15, 0.2) is 0 Å². The van der Waals surface area contributed by atoms with E-state index in [1.165, 1.54) is 51.5 Å². The Bertz CT molecular complexity index is 225. The van der Waals surface area contributed by atoms with Crippen LogP contribution in [0.2, 0.25) is 0 Å². The summed E-state index contributed by atoms with van der Waals surface area (Å²) in [6, 6.07) is 0.763. The van der Waals surface area contributed by atoms with Crippen LogP contribution in [0.3, 0.4) is 0 Å². The van der Waals surface area contributed by atoms with Gasteiger partial charge in [0.05, 0.1) is 0 Å². The van der Waals surface area contributed by atoms with Gasteiger partial charge in [-0.1, -0.05) is 26.2 Å². The zero-order chi connectivity index (χ0) is 12.3. The van der Waals surface area contributed by atoms with E-state index in [2.05, 4.69) is 18.9 Å². The minimum absolute atomic E-state index is 0.753. The van der Waals surface area contributed by atoms with Crippen molar-refractivity contribution in [3.63, 3.8) is 0 Å². The molecule has 0 amide bonds. The fourth-order valence-corrected chi connectivity index (χ4v) is 3.70. The highest BCUT2D eigenvalue weighted by Crippen LogP contribution is 2.35. The summed E-state index contributed by atoms with van der Waals surface area (Å²) in [5.41, 5.74) is 5.97. The zero-order valence-electron chi connectivity index (χ0n) is 11.7. The Kier molecular flexibility index (Phi) is 4.87. The van der Waals surface area contributed by atoms with E-state index in [1.807, 2.05) is 0 Å². The van der Waals surface area contributed by atoms with Gasteiger partial charge in [0.1, 0.15) is 0 Å². The normalized spacial score (nSPS) is 34.9. The molecule has 100 valence electrons. The highest BCUT2D eigenvalue weighted by atomic mass is 15.1. The molecule has 0 saturated heterocycles. The topological polar surface area (TPSA) is 29.3 Å². The average Bonchev–Trinajstić information content (AvgIpc) is 2.32. The molecule has 0 bridgehead atoms. The molecule has 0 aromatic rings. The second-order valence-corrected chi connectivity index (χ2v) is 6.39. The van der Waals surface area contributed by atoms with Crippen LogP contribution in [0.25, 0.3) is 0 Å². The van der Waals surface area contributed by atoms with Crippen molar-refractivity contribution in [3.8, 4) is 0 Å². The molecule has 3 unspecified atom stereocenters. The molecule has 0 spiro atoms. The summed E-state index contributed by atoms with van der Waals surface area (Å²) in [4.78, 5) is 2.64. The Morgan fingerprint density at radius 1 is 1.12 bits per heavy atom. The molecule has 0 heterocycles. The van der Waals surface area contributed by atoms with Crippen molar-refractivity contribution in [2.45, 2.75) is 57.9 Å². The first-order chi connectivity index (χ1) is 8.24. The molecule has 2 N–H and O–H groups in total. The lowest BCUT2D eigenvalue weighted by Gasteiger charge is -2.43. The molecule has 2 fully saturated rings. The fourth-order valence-electron chi connectivity index (χ4n) is 3.70. The van der Waals surface area contributed by atoms with Crippen molar-refractivity contribution in [1.29, 1.82) is 0 Å². The quantitative estimate of drug-likeness (QED) is 0.798. The minimum Gasteiger partial charge on any atom is -0.330 e. The molecule has 3 atom stereocenters. The second-order valence-electron chi connectivity index (χ2n) is 6.39. The summed E-state index contributed by atoms with van der Waals surface area (Å²) in [6.45, 7) is 4.55. The maximum atomic E-state index is 5.97. The predicted octanol–water partition coefficient (Wildman–Crippen LogP) is 2.87. The lowest BCUT2D eigenvalue weighted by atomic mass is 9.76. The summed E-state index contributed by atoms with van der Waals surface area (Å²) >= 11 is 0. The minimum atomic E-state index is 0.753.